The summed E-state index contributed by atoms with van der Waals surface area (Å²) in [7, 11) is 1.29. The van der Waals surface area contributed by atoms with Gasteiger partial charge in [0.2, 0.25) is 5.91 Å². The normalized spacial score (nSPS) is 11.3. The number of anilines is 1. The minimum absolute atomic E-state index is 0.0981. The molecule has 7 heteroatoms. The van der Waals surface area contributed by atoms with Crippen LogP contribution < -0.4 is 5.32 Å². The maximum Gasteiger partial charge on any atom is 0.315 e. The van der Waals surface area contributed by atoms with Crippen molar-refractivity contribution in [3.05, 3.63) is 40.0 Å². The van der Waals surface area contributed by atoms with Crippen LogP contribution in [0.2, 0.25) is 0 Å². The first kappa shape index (κ1) is 19.3. The first-order valence-corrected chi connectivity index (χ1v) is 7.57. The van der Waals surface area contributed by atoms with Gasteiger partial charge in [0, 0.05) is 29.8 Å². The van der Waals surface area contributed by atoms with E-state index in [1.807, 2.05) is 6.92 Å². The van der Waals surface area contributed by atoms with Crippen molar-refractivity contribution in [1.82, 2.24) is 0 Å². The Kier molecular flexibility index (Phi) is 6.64. The van der Waals surface area contributed by atoms with Crippen molar-refractivity contribution in [2.75, 3.05) is 12.4 Å². The summed E-state index contributed by atoms with van der Waals surface area (Å²) in [5.41, 5.74) is -0.0926. The van der Waals surface area contributed by atoms with Crippen LogP contribution in [0.25, 0.3) is 6.08 Å². The molecule has 0 unspecified atom stereocenters. The van der Waals surface area contributed by atoms with Gasteiger partial charge in [0.15, 0.2) is 0 Å². The van der Waals surface area contributed by atoms with E-state index >= 15 is 0 Å². The molecule has 0 heterocycles. The van der Waals surface area contributed by atoms with Gasteiger partial charge in [0.05, 0.1) is 17.4 Å². The zero-order chi connectivity index (χ0) is 18.3. The highest BCUT2D eigenvalue weighted by molar-refractivity contribution is 5.93. The minimum atomic E-state index is -0.899. The van der Waals surface area contributed by atoms with Gasteiger partial charge in [-0.15, -0.1) is 0 Å². The van der Waals surface area contributed by atoms with Gasteiger partial charge < -0.3 is 10.1 Å². The molecule has 24 heavy (non-hydrogen) atoms. The smallest absolute Gasteiger partial charge is 0.315 e. The number of esters is 1. The second-order valence-electron chi connectivity index (χ2n) is 5.87. The van der Waals surface area contributed by atoms with E-state index in [-0.39, 0.29) is 11.6 Å². The van der Waals surface area contributed by atoms with E-state index in [4.69, 9.17) is 4.74 Å². The maximum atomic E-state index is 11.8. The molecule has 1 amide bonds. The lowest BCUT2D eigenvalue weighted by Gasteiger charge is -2.17. The number of hydrogen-bond acceptors (Lipinski definition) is 5. The summed E-state index contributed by atoms with van der Waals surface area (Å²) in [5.74, 6) is -0.603. The molecule has 0 saturated heterocycles. The number of nitrogens with zero attached hydrogens (tertiary/aromatic N) is 1. The molecule has 0 bridgehead atoms. The van der Waals surface area contributed by atoms with Crippen LogP contribution >= 0.6 is 0 Å². The lowest BCUT2D eigenvalue weighted by molar-refractivity contribution is -0.384. The van der Waals surface area contributed by atoms with Crippen molar-refractivity contribution in [2.45, 2.75) is 33.6 Å². The standard InChI is InChI=1S/C17H22N2O5/c1-5-6-15(20)18-14-8-7-13(19(22)23)11-12(14)9-10-17(2,3)16(21)24-4/h7-11H,5-6H2,1-4H3,(H,18,20). The summed E-state index contributed by atoms with van der Waals surface area (Å²) in [5, 5.41) is 13.7. The van der Waals surface area contributed by atoms with Crippen LogP contribution in [-0.2, 0) is 14.3 Å². The number of nitro groups is 1. The molecule has 0 atom stereocenters. The molecule has 0 radical (unpaired) electrons. The van der Waals surface area contributed by atoms with Crippen molar-refractivity contribution in [1.29, 1.82) is 0 Å². The molecule has 0 saturated carbocycles. The Morgan fingerprint density at radius 2 is 2.04 bits per heavy atom. The van der Waals surface area contributed by atoms with Crippen LogP contribution in [-0.4, -0.2) is 23.9 Å². The molecular weight excluding hydrogens is 312 g/mol. The zero-order valence-electron chi connectivity index (χ0n) is 14.3. The first-order valence-electron chi connectivity index (χ1n) is 7.57. The Bertz CT molecular complexity index is 665. The van der Waals surface area contributed by atoms with Gasteiger partial charge >= 0.3 is 5.97 Å². The fraction of sp³-hybridized carbons (Fsp3) is 0.412. The van der Waals surface area contributed by atoms with E-state index in [0.717, 1.165) is 0 Å². The van der Waals surface area contributed by atoms with E-state index < -0.39 is 16.3 Å². The first-order chi connectivity index (χ1) is 11.2. The highest BCUT2D eigenvalue weighted by Gasteiger charge is 2.25. The number of benzene rings is 1. The van der Waals surface area contributed by atoms with Crippen LogP contribution in [0.3, 0.4) is 0 Å². The van der Waals surface area contributed by atoms with Gasteiger partial charge in [0.1, 0.15) is 0 Å². The summed E-state index contributed by atoms with van der Waals surface area (Å²) in [6, 6.07) is 4.16. The number of nitro benzene ring substituents is 1. The van der Waals surface area contributed by atoms with Crippen LogP contribution in [0.4, 0.5) is 11.4 Å². The number of carbonyl (C=O) groups excluding carboxylic acids is 2. The molecular formula is C17H22N2O5. The molecule has 0 aliphatic heterocycles. The van der Waals surface area contributed by atoms with E-state index in [2.05, 4.69) is 5.32 Å². The molecule has 1 aromatic carbocycles. The van der Waals surface area contributed by atoms with Crippen molar-refractivity contribution >= 4 is 29.3 Å². The number of carbonyl (C=O) groups is 2. The Balaban J connectivity index is 3.21. The highest BCUT2D eigenvalue weighted by Crippen LogP contribution is 2.27. The summed E-state index contributed by atoms with van der Waals surface area (Å²) in [6.45, 7) is 5.22. The van der Waals surface area contributed by atoms with Gasteiger partial charge in [-0.2, -0.15) is 0 Å². The molecule has 1 N–H and O–H groups in total. The molecule has 130 valence electrons. The van der Waals surface area contributed by atoms with Crippen molar-refractivity contribution in [3.8, 4) is 0 Å². The SMILES string of the molecule is CCCC(=O)Nc1ccc([N+](=O)[O-])cc1C=CC(C)(C)C(=O)OC. The van der Waals surface area contributed by atoms with Gasteiger partial charge in [-0.25, -0.2) is 0 Å². The number of non-ortho nitro benzene ring substituents is 1. The van der Waals surface area contributed by atoms with Crippen LogP contribution in [0.1, 0.15) is 39.2 Å². The Morgan fingerprint density at radius 1 is 1.38 bits per heavy atom. The van der Waals surface area contributed by atoms with E-state index in [1.54, 1.807) is 26.0 Å². The average Bonchev–Trinajstić information content (AvgIpc) is 2.53. The fourth-order valence-electron chi connectivity index (χ4n) is 1.98. The van der Waals surface area contributed by atoms with Gasteiger partial charge in [-0.1, -0.05) is 19.1 Å². The number of hydrogen-bond donors (Lipinski definition) is 1. The molecule has 1 aromatic rings. The molecule has 1 rings (SSSR count). The topological polar surface area (TPSA) is 98.5 Å². The summed E-state index contributed by atoms with van der Waals surface area (Å²) < 4.78 is 4.72. The lowest BCUT2D eigenvalue weighted by Crippen LogP contribution is -2.22. The lowest BCUT2D eigenvalue weighted by atomic mass is 9.92. The predicted octanol–water partition coefficient (Wildman–Crippen LogP) is 3.55. The number of amides is 1. The maximum absolute atomic E-state index is 11.8. The monoisotopic (exact) mass is 334 g/mol. The molecule has 0 spiro atoms. The Hall–Kier alpha value is -2.70. The molecule has 0 aromatic heterocycles. The summed E-state index contributed by atoms with van der Waals surface area (Å²) in [6.07, 6.45) is 4.21. The van der Waals surface area contributed by atoms with Crippen molar-refractivity contribution in [2.24, 2.45) is 5.41 Å². The van der Waals surface area contributed by atoms with E-state index in [1.165, 1.54) is 25.3 Å². The second kappa shape index (κ2) is 8.24. The van der Waals surface area contributed by atoms with E-state index in [9.17, 15) is 19.7 Å². The second-order valence-corrected chi connectivity index (χ2v) is 5.87. The fourth-order valence-corrected chi connectivity index (χ4v) is 1.98. The highest BCUT2D eigenvalue weighted by atomic mass is 16.6. The van der Waals surface area contributed by atoms with Gasteiger partial charge in [-0.05, 0) is 26.3 Å². The van der Waals surface area contributed by atoms with Gasteiger partial charge in [-0.3, -0.25) is 19.7 Å². The van der Waals surface area contributed by atoms with E-state index in [0.29, 0.717) is 24.1 Å². The Morgan fingerprint density at radius 3 is 2.58 bits per heavy atom. The minimum Gasteiger partial charge on any atom is -0.468 e. The predicted molar refractivity (Wildman–Crippen MR) is 91.5 cm³/mol. The number of ether oxygens (including phenoxy) is 1. The van der Waals surface area contributed by atoms with Gasteiger partial charge in [0.25, 0.3) is 5.69 Å². The third-order valence-electron chi connectivity index (χ3n) is 3.39. The van der Waals surface area contributed by atoms with Crippen LogP contribution in [0, 0.1) is 15.5 Å². The van der Waals surface area contributed by atoms with Crippen LogP contribution in [0.5, 0.6) is 0 Å². The number of rotatable bonds is 7. The Labute approximate surface area is 140 Å². The van der Waals surface area contributed by atoms with Crippen molar-refractivity contribution in [3.63, 3.8) is 0 Å². The molecule has 0 aliphatic rings. The number of methoxy groups -OCH3 is 1. The molecule has 7 nitrogen and oxygen atoms in total. The molecule has 0 fully saturated rings. The molecule has 0 aliphatic carbocycles. The average molecular weight is 334 g/mol. The third-order valence-corrected chi connectivity index (χ3v) is 3.39. The summed E-state index contributed by atoms with van der Waals surface area (Å²) in [4.78, 5) is 34.0. The van der Waals surface area contributed by atoms with Crippen molar-refractivity contribution < 1.29 is 19.2 Å². The summed E-state index contributed by atoms with van der Waals surface area (Å²) >= 11 is 0. The quantitative estimate of drug-likeness (QED) is 0.467. The zero-order valence-corrected chi connectivity index (χ0v) is 14.3. The third kappa shape index (κ3) is 5.19. The largest absolute Gasteiger partial charge is 0.468 e. The number of nitrogens with one attached hydrogen (secondary N) is 1. The van der Waals surface area contributed by atoms with Crippen LogP contribution in [0.15, 0.2) is 24.3 Å².